The summed E-state index contributed by atoms with van der Waals surface area (Å²) in [5, 5.41) is 8.85. The molecule has 2 saturated heterocycles. The van der Waals surface area contributed by atoms with Crippen molar-refractivity contribution in [3.05, 3.63) is 0 Å². The fourth-order valence-electron chi connectivity index (χ4n) is 4.40. The Morgan fingerprint density at radius 3 is 2.69 bits per heavy atom. The van der Waals surface area contributed by atoms with Gasteiger partial charge in [0.15, 0.2) is 0 Å². The summed E-state index contributed by atoms with van der Waals surface area (Å²) < 4.78 is 5.69. The highest BCUT2D eigenvalue weighted by molar-refractivity contribution is 5.89. The third kappa shape index (κ3) is 4.54. The van der Waals surface area contributed by atoms with E-state index in [0.717, 1.165) is 12.8 Å². The van der Waals surface area contributed by atoms with Gasteiger partial charge in [-0.1, -0.05) is 12.8 Å². The zero-order valence-corrected chi connectivity index (χ0v) is 15.4. The van der Waals surface area contributed by atoms with Gasteiger partial charge in [-0.15, -0.1) is 0 Å². The summed E-state index contributed by atoms with van der Waals surface area (Å²) in [5.41, 5.74) is 0. The maximum absolute atomic E-state index is 12.9. The number of rotatable bonds is 6. The van der Waals surface area contributed by atoms with Crippen LogP contribution in [-0.4, -0.2) is 96.1 Å². The Balaban J connectivity index is 1.52. The molecule has 146 valence electrons. The first-order valence-corrected chi connectivity index (χ1v) is 9.54. The molecule has 8 nitrogen and oxygen atoms in total. The second kappa shape index (κ2) is 8.35. The molecule has 8 heteroatoms. The number of amides is 2. The van der Waals surface area contributed by atoms with Gasteiger partial charge in [0.1, 0.15) is 0 Å². The van der Waals surface area contributed by atoms with Crippen LogP contribution in [0.3, 0.4) is 0 Å². The highest BCUT2D eigenvalue weighted by Crippen LogP contribution is 2.30. The molecule has 0 unspecified atom stereocenters. The zero-order chi connectivity index (χ0) is 18.7. The number of likely N-dealkylation sites (N-methyl/N-ethyl adjacent to an activating group) is 1. The molecule has 2 amide bonds. The Morgan fingerprint density at radius 2 is 2.00 bits per heavy atom. The average molecular weight is 367 g/mol. The van der Waals surface area contributed by atoms with Crippen molar-refractivity contribution < 1.29 is 24.2 Å². The molecule has 1 saturated carbocycles. The van der Waals surface area contributed by atoms with Gasteiger partial charge in [0, 0.05) is 38.6 Å². The van der Waals surface area contributed by atoms with Gasteiger partial charge in [-0.05, 0) is 19.9 Å². The second-order valence-electron chi connectivity index (χ2n) is 7.75. The Morgan fingerprint density at radius 1 is 1.27 bits per heavy atom. The third-order valence-electron chi connectivity index (χ3n) is 5.64. The van der Waals surface area contributed by atoms with E-state index in [1.165, 1.54) is 12.8 Å². The van der Waals surface area contributed by atoms with Crippen LogP contribution in [0.5, 0.6) is 0 Å². The number of carbonyl (C=O) groups excluding carboxylic acids is 2. The molecule has 1 N–H and O–H groups in total. The minimum atomic E-state index is -0.882. The van der Waals surface area contributed by atoms with Crippen molar-refractivity contribution in [3.63, 3.8) is 0 Å². The summed E-state index contributed by atoms with van der Waals surface area (Å²) >= 11 is 0. The summed E-state index contributed by atoms with van der Waals surface area (Å²) in [6.45, 7) is 2.39. The lowest BCUT2D eigenvalue weighted by atomic mass is 10.1. The van der Waals surface area contributed by atoms with Crippen LogP contribution in [0.1, 0.15) is 32.1 Å². The lowest BCUT2D eigenvalue weighted by Gasteiger charge is -2.35. The van der Waals surface area contributed by atoms with Crippen LogP contribution < -0.4 is 0 Å². The van der Waals surface area contributed by atoms with Crippen LogP contribution in [0.4, 0.5) is 0 Å². The van der Waals surface area contributed by atoms with E-state index >= 15 is 0 Å². The van der Waals surface area contributed by atoms with E-state index in [1.807, 2.05) is 4.90 Å². The van der Waals surface area contributed by atoms with E-state index in [2.05, 4.69) is 0 Å². The zero-order valence-electron chi connectivity index (χ0n) is 15.4. The molecule has 2 atom stereocenters. The normalized spacial score (nSPS) is 27.5. The van der Waals surface area contributed by atoms with E-state index in [-0.39, 0.29) is 30.4 Å². The molecule has 3 fully saturated rings. The maximum atomic E-state index is 12.9. The number of morpholine rings is 1. The second-order valence-corrected chi connectivity index (χ2v) is 7.75. The molecule has 26 heavy (non-hydrogen) atoms. The predicted octanol–water partition coefficient (Wildman–Crippen LogP) is 0.0213. The number of aliphatic carboxylic acids is 1. The number of carboxylic acid groups (broad SMARTS) is 1. The molecule has 0 radical (unpaired) electrons. The number of hydrogen-bond acceptors (Lipinski definition) is 5. The molecular formula is C18H29N3O5. The van der Waals surface area contributed by atoms with Gasteiger partial charge >= 0.3 is 5.97 Å². The summed E-state index contributed by atoms with van der Waals surface area (Å²) in [4.78, 5) is 41.4. The number of likely N-dealkylation sites (tertiary alicyclic amines) is 1. The van der Waals surface area contributed by atoms with Gasteiger partial charge in [-0.3, -0.25) is 19.3 Å². The van der Waals surface area contributed by atoms with E-state index in [4.69, 9.17) is 9.84 Å². The molecule has 0 spiro atoms. The largest absolute Gasteiger partial charge is 0.480 e. The molecule has 0 bridgehead atoms. The van der Waals surface area contributed by atoms with Crippen molar-refractivity contribution in [1.82, 2.24) is 14.7 Å². The molecule has 0 aromatic heterocycles. The summed E-state index contributed by atoms with van der Waals surface area (Å²) in [7, 11) is 1.73. The lowest BCUT2D eigenvalue weighted by molar-refractivity contribution is -0.145. The molecule has 3 aliphatic rings. The molecule has 3 rings (SSSR count). The molecule has 0 aromatic rings. The van der Waals surface area contributed by atoms with Crippen LogP contribution in [0.15, 0.2) is 0 Å². The standard InChI is InChI=1S/C18H29N3O5/c1-19(12-17(23)24)10-15-11-20(6-7-26-15)18(25)13-8-16(22)21(9-13)14-4-2-3-5-14/h13-15H,2-12H2,1H3,(H,23,24)/t13-,15+/m1/s1. The van der Waals surface area contributed by atoms with Crippen molar-refractivity contribution in [3.8, 4) is 0 Å². The molecule has 1 aliphatic carbocycles. The Bertz CT molecular complexity index is 549. The van der Waals surface area contributed by atoms with Crippen molar-refractivity contribution in [2.24, 2.45) is 5.92 Å². The highest BCUT2D eigenvalue weighted by Gasteiger charge is 2.41. The number of hydrogen-bond donors (Lipinski definition) is 1. The van der Waals surface area contributed by atoms with Gasteiger partial charge in [-0.25, -0.2) is 0 Å². The third-order valence-corrected chi connectivity index (χ3v) is 5.64. The van der Waals surface area contributed by atoms with Gasteiger partial charge in [0.25, 0.3) is 0 Å². The van der Waals surface area contributed by atoms with Gasteiger partial charge in [0.2, 0.25) is 11.8 Å². The van der Waals surface area contributed by atoms with E-state index in [0.29, 0.717) is 45.2 Å². The minimum Gasteiger partial charge on any atom is -0.480 e. The van der Waals surface area contributed by atoms with Crippen LogP contribution in [0.2, 0.25) is 0 Å². The highest BCUT2D eigenvalue weighted by atomic mass is 16.5. The van der Waals surface area contributed by atoms with Crippen molar-refractivity contribution in [2.45, 2.75) is 44.2 Å². The minimum absolute atomic E-state index is 0.0352. The quantitative estimate of drug-likeness (QED) is 0.712. The molecule has 2 aliphatic heterocycles. The summed E-state index contributed by atoms with van der Waals surface area (Å²) in [5.74, 6) is -0.986. The number of ether oxygens (including phenoxy) is 1. The van der Waals surface area contributed by atoms with E-state index < -0.39 is 5.97 Å². The van der Waals surface area contributed by atoms with Crippen molar-refractivity contribution >= 4 is 17.8 Å². The van der Waals surface area contributed by atoms with Crippen LogP contribution in [0.25, 0.3) is 0 Å². The van der Waals surface area contributed by atoms with Crippen LogP contribution >= 0.6 is 0 Å². The van der Waals surface area contributed by atoms with Crippen molar-refractivity contribution in [1.29, 1.82) is 0 Å². The first-order chi connectivity index (χ1) is 12.4. The van der Waals surface area contributed by atoms with E-state index in [1.54, 1.807) is 16.8 Å². The van der Waals surface area contributed by atoms with Crippen LogP contribution in [-0.2, 0) is 19.1 Å². The fourth-order valence-corrected chi connectivity index (χ4v) is 4.40. The number of carboxylic acids is 1. The van der Waals surface area contributed by atoms with Gasteiger partial charge in [0.05, 0.1) is 25.2 Å². The first kappa shape index (κ1) is 19.1. The molecule has 0 aromatic carbocycles. The topological polar surface area (TPSA) is 90.4 Å². The van der Waals surface area contributed by atoms with E-state index in [9.17, 15) is 14.4 Å². The SMILES string of the molecule is CN(CC(=O)O)C[C@H]1CN(C(=O)[C@@H]2CC(=O)N(C3CCCC3)C2)CCO1. The van der Waals surface area contributed by atoms with Gasteiger partial charge < -0.3 is 19.6 Å². The lowest BCUT2D eigenvalue weighted by Crippen LogP contribution is -2.51. The smallest absolute Gasteiger partial charge is 0.317 e. The van der Waals surface area contributed by atoms with Crippen molar-refractivity contribution in [2.75, 3.05) is 46.4 Å². The maximum Gasteiger partial charge on any atom is 0.317 e. The van der Waals surface area contributed by atoms with Crippen LogP contribution in [0, 0.1) is 5.92 Å². The number of carbonyl (C=O) groups is 3. The summed E-state index contributed by atoms with van der Waals surface area (Å²) in [6, 6.07) is 0.322. The average Bonchev–Trinajstić information content (AvgIpc) is 3.22. The Labute approximate surface area is 154 Å². The molecular weight excluding hydrogens is 338 g/mol. The summed E-state index contributed by atoms with van der Waals surface area (Å²) in [6.07, 6.45) is 4.57. The monoisotopic (exact) mass is 367 g/mol. The Kier molecular flexibility index (Phi) is 6.13. The number of nitrogens with zero attached hydrogens (tertiary/aromatic N) is 3. The predicted molar refractivity (Wildman–Crippen MR) is 93.5 cm³/mol. The first-order valence-electron chi connectivity index (χ1n) is 9.54. The molecule has 2 heterocycles. The van der Waals surface area contributed by atoms with Gasteiger partial charge in [-0.2, -0.15) is 0 Å². The fraction of sp³-hybridized carbons (Fsp3) is 0.833. The Hall–Kier alpha value is -1.67.